The van der Waals surface area contributed by atoms with E-state index in [0.717, 1.165) is 5.56 Å². The summed E-state index contributed by atoms with van der Waals surface area (Å²) in [5, 5.41) is 15.7. The third-order valence-electron chi connectivity index (χ3n) is 3.23. The van der Waals surface area contributed by atoms with Crippen molar-refractivity contribution in [3.05, 3.63) is 47.5 Å². The van der Waals surface area contributed by atoms with E-state index in [0.29, 0.717) is 16.1 Å². The molecule has 6 nitrogen and oxygen atoms in total. The van der Waals surface area contributed by atoms with Gasteiger partial charge in [-0.05, 0) is 24.3 Å². The molecule has 0 aliphatic rings. The fourth-order valence-corrected chi connectivity index (χ4v) is 3.33. The number of carbonyl (C=O) groups is 1. The molecular formula is C15H9ClNO5S-. The van der Waals surface area contributed by atoms with E-state index in [2.05, 4.69) is 5.16 Å². The zero-order valence-electron chi connectivity index (χ0n) is 11.5. The number of hydrogen-bond donors (Lipinski definition) is 0. The van der Waals surface area contributed by atoms with Crippen LogP contribution in [0, 0.1) is 0 Å². The minimum Gasteiger partial charge on any atom is -0.549 e. The van der Waals surface area contributed by atoms with Crippen LogP contribution in [0.3, 0.4) is 0 Å². The highest BCUT2D eigenvalue weighted by Gasteiger charge is 2.18. The second-order valence-electron chi connectivity index (χ2n) is 4.83. The Labute approximate surface area is 136 Å². The van der Waals surface area contributed by atoms with Crippen molar-refractivity contribution >= 4 is 38.4 Å². The van der Waals surface area contributed by atoms with Crippen LogP contribution in [-0.2, 0) is 14.6 Å². The van der Waals surface area contributed by atoms with Crippen molar-refractivity contribution in [3.63, 3.8) is 0 Å². The number of rotatable bonds is 4. The van der Waals surface area contributed by atoms with Gasteiger partial charge in [0, 0.05) is 22.0 Å². The lowest BCUT2D eigenvalue weighted by molar-refractivity contribution is -0.301. The number of carbonyl (C=O) groups excluding carboxylic acids is 1. The van der Waals surface area contributed by atoms with Gasteiger partial charge in [-0.3, -0.25) is 0 Å². The number of carboxylic acid groups (broad SMARTS) is 1. The molecule has 3 rings (SSSR count). The van der Waals surface area contributed by atoms with Gasteiger partial charge in [0.25, 0.3) is 0 Å². The van der Waals surface area contributed by atoms with Gasteiger partial charge >= 0.3 is 0 Å². The summed E-state index contributed by atoms with van der Waals surface area (Å²) in [5.41, 5.74) is 1.55. The Bertz CT molecular complexity index is 992. The number of fused-ring (bicyclic) bond motifs is 1. The molecule has 3 aromatic rings. The third kappa shape index (κ3) is 3.06. The maximum atomic E-state index is 11.9. The van der Waals surface area contributed by atoms with Crippen LogP contribution in [0.1, 0.15) is 0 Å². The van der Waals surface area contributed by atoms with Crippen LogP contribution in [-0.4, -0.2) is 25.3 Å². The van der Waals surface area contributed by atoms with Crippen LogP contribution in [0.5, 0.6) is 0 Å². The Morgan fingerprint density at radius 2 is 1.87 bits per heavy atom. The Balaban J connectivity index is 2.07. The molecule has 0 N–H and O–H groups in total. The van der Waals surface area contributed by atoms with Gasteiger partial charge in [0.15, 0.2) is 15.4 Å². The molecule has 0 spiro atoms. The SMILES string of the molecule is O=C([O-])CS(=O)(=O)c1ccc2c(-c3ccc(Cl)cc3)noc2c1. The van der Waals surface area contributed by atoms with E-state index >= 15 is 0 Å². The molecule has 0 aliphatic heterocycles. The quantitative estimate of drug-likeness (QED) is 0.709. The maximum Gasteiger partial charge on any atom is 0.183 e. The van der Waals surface area contributed by atoms with Crippen molar-refractivity contribution in [2.45, 2.75) is 4.90 Å². The molecule has 118 valence electrons. The third-order valence-corrected chi connectivity index (χ3v) is 5.07. The minimum absolute atomic E-state index is 0.159. The van der Waals surface area contributed by atoms with Gasteiger partial charge in [0.2, 0.25) is 0 Å². The van der Waals surface area contributed by atoms with Gasteiger partial charge < -0.3 is 14.4 Å². The smallest absolute Gasteiger partial charge is 0.183 e. The lowest BCUT2D eigenvalue weighted by Crippen LogP contribution is -2.30. The topological polar surface area (TPSA) is 100 Å². The first-order valence-corrected chi connectivity index (χ1v) is 8.48. The number of benzene rings is 2. The number of sulfone groups is 1. The highest BCUT2D eigenvalue weighted by atomic mass is 35.5. The average molecular weight is 351 g/mol. The molecule has 1 heterocycles. The predicted octanol–water partition coefficient (Wildman–Crippen LogP) is 1.67. The van der Waals surface area contributed by atoms with Crippen molar-refractivity contribution in [1.29, 1.82) is 0 Å². The number of aliphatic carboxylic acids is 1. The van der Waals surface area contributed by atoms with E-state index in [-0.39, 0.29) is 10.5 Å². The number of carboxylic acids is 1. The van der Waals surface area contributed by atoms with Gasteiger partial charge in [-0.25, -0.2) is 8.42 Å². The molecule has 8 heteroatoms. The standard InChI is InChI=1S/C15H10ClNO5S/c16-10-3-1-9(2-4-10)15-12-6-5-11(7-13(12)22-17-15)23(20,21)8-14(18)19/h1-7H,8H2,(H,18,19)/p-1. The second kappa shape index (κ2) is 5.68. The Morgan fingerprint density at radius 3 is 2.52 bits per heavy atom. The summed E-state index contributed by atoms with van der Waals surface area (Å²) in [4.78, 5) is 10.4. The van der Waals surface area contributed by atoms with Crippen LogP contribution in [0.25, 0.3) is 22.2 Å². The van der Waals surface area contributed by atoms with Crippen LogP contribution < -0.4 is 5.11 Å². The van der Waals surface area contributed by atoms with Gasteiger partial charge in [-0.15, -0.1) is 0 Å². The number of aromatic nitrogens is 1. The Hall–Kier alpha value is -2.38. The molecule has 0 amide bonds. The molecular weight excluding hydrogens is 342 g/mol. The first-order valence-electron chi connectivity index (χ1n) is 6.45. The van der Waals surface area contributed by atoms with E-state index in [1.54, 1.807) is 24.3 Å². The molecule has 23 heavy (non-hydrogen) atoms. The zero-order valence-corrected chi connectivity index (χ0v) is 13.1. The zero-order chi connectivity index (χ0) is 16.6. The first-order chi connectivity index (χ1) is 10.9. The van der Waals surface area contributed by atoms with Crippen LogP contribution in [0.2, 0.25) is 5.02 Å². The van der Waals surface area contributed by atoms with E-state index in [1.165, 1.54) is 18.2 Å². The van der Waals surface area contributed by atoms with Crippen LogP contribution >= 0.6 is 11.6 Å². The first kappa shape index (κ1) is 15.5. The van der Waals surface area contributed by atoms with E-state index < -0.39 is 21.6 Å². The fourth-order valence-electron chi connectivity index (χ4n) is 2.17. The lowest BCUT2D eigenvalue weighted by atomic mass is 10.1. The van der Waals surface area contributed by atoms with Crippen molar-refractivity contribution < 1.29 is 22.8 Å². The average Bonchev–Trinajstić information content (AvgIpc) is 2.90. The van der Waals surface area contributed by atoms with E-state index in [4.69, 9.17) is 16.1 Å². The van der Waals surface area contributed by atoms with Crippen LogP contribution in [0.4, 0.5) is 0 Å². The minimum atomic E-state index is -3.98. The van der Waals surface area contributed by atoms with Gasteiger partial charge in [-0.1, -0.05) is 28.9 Å². The molecule has 1 aromatic heterocycles. The summed E-state index contributed by atoms with van der Waals surface area (Å²) in [6.45, 7) is 0. The summed E-state index contributed by atoms with van der Waals surface area (Å²) < 4.78 is 29.0. The highest BCUT2D eigenvalue weighted by molar-refractivity contribution is 7.92. The van der Waals surface area contributed by atoms with Gasteiger partial charge in [0.05, 0.1) is 16.6 Å². The summed E-state index contributed by atoms with van der Waals surface area (Å²) in [6.07, 6.45) is 0. The number of nitrogens with zero attached hydrogens (tertiary/aromatic N) is 1. The van der Waals surface area contributed by atoms with E-state index in [9.17, 15) is 18.3 Å². The molecule has 0 bridgehead atoms. The Morgan fingerprint density at radius 1 is 1.17 bits per heavy atom. The monoisotopic (exact) mass is 350 g/mol. The van der Waals surface area contributed by atoms with Crippen LogP contribution in [0.15, 0.2) is 51.9 Å². The molecule has 0 unspecified atom stereocenters. The van der Waals surface area contributed by atoms with Crippen molar-refractivity contribution in [2.24, 2.45) is 0 Å². The number of halogens is 1. The molecule has 0 saturated heterocycles. The van der Waals surface area contributed by atoms with E-state index in [1.807, 2.05) is 0 Å². The highest BCUT2D eigenvalue weighted by Crippen LogP contribution is 2.30. The molecule has 2 aromatic carbocycles. The summed E-state index contributed by atoms with van der Waals surface area (Å²) in [7, 11) is -3.98. The fraction of sp³-hybridized carbons (Fsp3) is 0.0667. The molecule has 0 radical (unpaired) electrons. The van der Waals surface area contributed by atoms with Crippen molar-refractivity contribution in [2.75, 3.05) is 5.75 Å². The number of hydrogen-bond acceptors (Lipinski definition) is 6. The maximum absolute atomic E-state index is 11.9. The summed E-state index contributed by atoms with van der Waals surface area (Å²) in [6, 6.07) is 11.0. The molecule has 0 fully saturated rings. The molecule has 0 saturated carbocycles. The van der Waals surface area contributed by atoms with Crippen molar-refractivity contribution in [3.8, 4) is 11.3 Å². The summed E-state index contributed by atoms with van der Waals surface area (Å²) >= 11 is 5.84. The largest absolute Gasteiger partial charge is 0.549 e. The summed E-state index contributed by atoms with van der Waals surface area (Å²) in [5.74, 6) is -2.75. The Kier molecular flexibility index (Phi) is 3.83. The lowest BCUT2D eigenvalue weighted by Gasteiger charge is -2.04. The normalized spacial score (nSPS) is 11.7. The molecule has 0 atom stereocenters. The van der Waals surface area contributed by atoms with Crippen molar-refractivity contribution in [1.82, 2.24) is 5.16 Å². The van der Waals surface area contributed by atoms with Gasteiger partial charge in [0.1, 0.15) is 5.69 Å². The van der Waals surface area contributed by atoms with Gasteiger partial charge in [-0.2, -0.15) is 0 Å². The molecule has 0 aliphatic carbocycles. The second-order valence-corrected chi connectivity index (χ2v) is 7.25. The predicted molar refractivity (Wildman–Crippen MR) is 81.5 cm³/mol.